The number of hydrogen-bond donors (Lipinski definition) is 2. The Kier molecular flexibility index (Phi) is 6.95. The maximum Gasteiger partial charge on any atom is 0.409 e. The predicted octanol–water partition coefficient (Wildman–Crippen LogP) is 1.73. The standard InChI is InChI=1S/C21H31N5O3/c1-3-29-21(28)26-11-9-17(10-12-26)24-20(22)23-14-16-13-18(27)25(2)19(16)15-7-5-4-6-8-15/h4-8,16-17,19H,3,9-14H2,1-2H3,(H3,22,23,24). The van der Waals surface area contributed by atoms with Crippen molar-refractivity contribution in [2.24, 2.45) is 16.6 Å². The molecule has 0 aromatic heterocycles. The zero-order chi connectivity index (χ0) is 20.8. The van der Waals surface area contributed by atoms with E-state index in [2.05, 4.69) is 22.4 Å². The van der Waals surface area contributed by atoms with Gasteiger partial charge in [-0.2, -0.15) is 0 Å². The number of rotatable bonds is 5. The average molecular weight is 402 g/mol. The summed E-state index contributed by atoms with van der Waals surface area (Å²) in [5.41, 5.74) is 7.24. The second kappa shape index (κ2) is 9.62. The predicted molar refractivity (Wildman–Crippen MR) is 111 cm³/mol. The third-order valence-electron chi connectivity index (χ3n) is 5.70. The van der Waals surface area contributed by atoms with Gasteiger partial charge in [-0.1, -0.05) is 30.3 Å². The van der Waals surface area contributed by atoms with Crippen molar-refractivity contribution in [3.63, 3.8) is 0 Å². The van der Waals surface area contributed by atoms with E-state index in [9.17, 15) is 9.59 Å². The number of benzene rings is 1. The molecule has 3 rings (SSSR count). The van der Waals surface area contributed by atoms with E-state index in [1.807, 2.05) is 30.1 Å². The molecule has 0 bridgehead atoms. The summed E-state index contributed by atoms with van der Waals surface area (Å²) in [7, 11) is 1.85. The highest BCUT2D eigenvalue weighted by molar-refractivity contribution is 5.80. The lowest BCUT2D eigenvalue weighted by molar-refractivity contribution is -0.127. The SMILES string of the molecule is CCOC(=O)N1CCC(NC(N)=NCC2CC(=O)N(C)C2c2ccccc2)CC1. The van der Waals surface area contributed by atoms with Crippen LogP contribution in [0.5, 0.6) is 0 Å². The number of aliphatic imine (C=N–C) groups is 1. The molecular formula is C21H31N5O3. The number of hydrogen-bond acceptors (Lipinski definition) is 4. The highest BCUT2D eigenvalue weighted by Crippen LogP contribution is 2.36. The number of carbonyl (C=O) groups excluding carboxylic acids is 2. The normalized spacial score (nSPS) is 23.4. The van der Waals surface area contributed by atoms with Gasteiger partial charge in [0.05, 0.1) is 12.6 Å². The van der Waals surface area contributed by atoms with Gasteiger partial charge in [-0.05, 0) is 25.3 Å². The molecule has 2 aliphatic rings. The molecule has 29 heavy (non-hydrogen) atoms. The fourth-order valence-corrected chi connectivity index (χ4v) is 4.15. The van der Waals surface area contributed by atoms with Gasteiger partial charge < -0.3 is 25.6 Å². The molecular weight excluding hydrogens is 370 g/mol. The summed E-state index contributed by atoms with van der Waals surface area (Å²) in [6.07, 6.45) is 1.82. The van der Waals surface area contributed by atoms with E-state index in [0.717, 1.165) is 18.4 Å². The van der Waals surface area contributed by atoms with Gasteiger partial charge in [0.15, 0.2) is 5.96 Å². The summed E-state index contributed by atoms with van der Waals surface area (Å²) in [5.74, 6) is 0.631. The van der Waals surface area contributed by atoms with Crippen molar-refractivity contribution in [1.29, 1.82) is 0 Å². The maximum atomic E-state index is 12.3. The second-order valence-corrected chi connectivity index (χ2v) is 7.65. The van der Waals surface area contributed by atoms with E-state index >= 15 is 0 Å². The molecule has 158 valence electrons. The number of carbonyl (C=O) groups is 2. The fourth-order valence-electron chi connectivity index (χ4n) is 4.15. The van der Waals surface area contributed by atoms with Gasteiger partial charge in [0.2, 0.25) is 5.91 Å². The number of nitrogens with zero attached hydrogens (tertiary/aromatic N) is 3. The summed E-state index contributed by atoms with van der Waals surface area (Å²) < 4.78 is 5.04. The number of guanidine groups is 1. The molecule has 0 radical (unpaired) electrons. The molecule has 1 aromatic carbocycles. The first-order chi connectivity index (χ1) is 14.0. The van der Waals surface area contributed by atoms with Crippen molar-refractivity contribution in [3.8, 4) is 0 Å². The Morgan fingerprint density at radius 1 is 1.28 bits per heavy atom. The molecule has 8 heteroatoms. The number of nitrogens with two attached hydrogens (primary N) is 1. The zero-order valence-corrected chi connectivity index (χ0v) is 17.2. The summed E-state index contributed by atoms with van der Waals surface area (Å²) in [4.78, 5) is 32.1. The first-order valence-corrected chi connectivity index (χ1v) is 10.3. The van der Waals surface area contributed by atoms with Gasteiger partial charge in [0, 0.05) is 45.1 Å². The minimum atomic E-state index is -0.255. The van der Waals surface area contributed by atoms with Crippen LogP contribution in [0.1, 0.15) is 37.8 Å². The van der Waals surface area contributed by atoms with E-state index in [4.69, 9.17) is 10.5 Å². The Labute approximate surface area is 172 Å². The van der Waals surface area contributed by atoms with Crippen LogP contribution in [0.2, 0.25) is 0 Å². The van der Waals surface area contributed by atoms with Crippen molar-refractivity contribution in [3.05, 3.63) is 35.9 Å². The van der Waals surface area contributed by atoms with Crippen LogP contribution in [0.25, 0.3) is 0 Å². The molecule has 2 saturated heterocycles. The summed E-state index contributed by atoms with van der Waals surface area (Å²) in [6.45, 7) is 3.97. The molecule has 0 spiro atoms. The molecule has 1 aromatic rings. The Morgan fingerprint density at radius 2 is 1.97 bits per heavy atom. The lowest BCUT2D eigenvalue weighted by atomic mass is 9.94. The molecule has 2 unspecified atom stereocenters. The highest BCUT2D eigenvalue weighted by atomic mass is 16.6. The molecule has 2 fully saturated rings. The van der Waals surface area contributed by atoms with Crippen LogP contribution in [-0.4, -0.2) is 67.1 Å². The van der Waals surface area contributed by atoms with E-state index in [0.29, 0.717) is 38.6 Å². The van der Waals surface area contributed by atoms with Crippen molar-refractivity contribution >= 4 is 18.0 Å². The Bertz CT molecular complexity index is 731. The van der Waals surface area contributed by atoms with Gasteiger partial charge in [0.25, 0.3) is 0 Å². The fraction of sp³-hybridized carbons (Fsp3) is 0.571. The third kappa shape index (κ3) is 5.19. The van der Waals surface area contributed by atoms with E-state index < -0.39 is 0 Å². The average Bonchev–Trinajstić information content (AvgIpc) is 3.01. The largest absolute Gasteiger partial charge is 0.450 e. The molecule has 2 aliphatic heterocycles. The lowest BCUT2D eigenvalue weighted by Gasteiger charge is -2.31. The van der Waals surface area contributed by atoms with Gasteiger partial charge in [-0.25, -0.2) is 4.79 Å². The van der Waals surface area contributed by atoms with Crippen LogP contribution >= 0.6 is 0 Å². The van der Waals surface area contributed by atoms with Crippen LogP contribution in [0.3, 0.4) is 0 Å². The molecule has 2 atom stereocenters. The third-order valence-corrected chi connectivity index (χ3v) is 5.70. The molecule has 0 aliphatic carbocycles. The number of nitrogens with one attached hydrogen (secondary N) is 1. The Hall–Kier alpha value is -2.77. The van der Waals surface area contributed by atoms with Crippen molar-refractivity contribution in [2.45, 2.75) is 38.3 Å². The second-order valence-electron chi connectivity index (χ2n) is 7.65. The van der Waals surface area contributed by atoms with Crippen LogP contribution in [0, 0.1) is 5.92 Å². The van der Waals surface area contributed by atoms with Gasteiger partial charge in [0.1, 0.15) is 0 Å². The Balaban J connectivity index is 1.53. The monoisotopic (exact) mass is 401 g/mol. The molecule has 8 nitrogen and oxygen atoms in total. The Morgan fingerprint density at radius 3 is 2.62 bits per heavy atom. The van der Waals surface area contributed by atoms with Gasteiger partial charge in [-0.3, -0.25) is 9.79 Å². The summed E-state index contributed by atoms with van der Waals surface area (Å²) in [5, 5.41) is 3.26. The van der Waals surface area contributed by atoms with E-state index in [1.54, 1.807) is 11.8 Å². The molecule has 2 amide bonds. The quantitative estimate of drug-likeness (QED) is 0.578. The molecule has 0 saturated carbocycles. The number of piperidine rings is 1. The minimum Gasteiger partial charge on any atom is -0.450 e. The first kappa shape index (κ1) is 21.0. The smallest absolute Gasteiger partial charge is 0.409 e. The summed E-state index contributed by atoms with van der Waals surface area (Å²) >= 11 is 0. The maximum absolute atomic E-state index is 12.3. The zero-order valence-electron chi connectivity index (χ0n) is 17.2. The van der Waals surface area contributed by atoms with Crippen molar-refractivity contribution < 1.29 is 14.3 Å². The van der Waals surface area contributed by atoms with E-state index in [-0.39, 0.29) is 30.0 Å². The van der Waals surface area contributed by atoms with Crippen LogP contribution in [0.15, 0.2) is 35.3 Å². The van der Waals surface area contributed by atoms with Crippen LogP contribution in [-0.2, 0) is 9.53 Å². The van der Waals surface area contributed by atoms with Gasteiger partial charge in [-0.15, -0.1) is 0 Å². The van der Waals surface area contributed by atoms with Crippen molar-refractivity contribution in [1.82, 2.24) is 15.1 Å². The number of likely N-dealkylation sites (tertiary alicyclic amines) is 2. The number of ether oxygens (including phenoxy) is 1. The minimum absolute atomic E-state index is 0.0214. The van der Waals surface area contributed by atoms with E-state index in [1.165, 1.54) is 0 Å². The topological polar surface area (TPSA) is 100 Å². The lowest BCUT2D eigenvalue weighted by Crippen LogP contribution is -2.48. The van der Waals surface area contributed by atoms with Crippen molar-refractivity contribution in [2.75, 3.05) is 33.3 Å². The molecule has 2 heterocycles. The first-order valence-electron chi connectivity index (χ1n) is 10.3. The summed E-state index contributed by atoms with van der Waals surface area (Å²) in [6, 6.07) is 10.3. The number of amides is 2. The highest BCUT2D eigenvalue weighted by Gasteiger charge is 2.38. The molecule has 3 N–H and O–H groups in total. The van der Waals surface area contributed by atoms with Gasteiger partial charge >= 0.3 is 6.09 Å². The van der Waals surface area contributed by atoms with Crippen LogP contribution < -0.4 is 11.1 Å². The van der Waals surface area contributed by atoms with Crippen LogP contribution in [0.4, 0.5) is 4.79 Å².